The van der Waals surface area contributed by atoms with Crippen LogP contribution in [0.15, 0.2) is 72.8 Å². The van der Waals surface area contributed by atoms with E-state index in [4.69, 9.17) is 0 Å². The monoisotopic (exact) mass is 994 g/mol. The topological polar surface area (TPSA) is 268 Å². The Balaban J connectivity index is 0.000000440. The molecule has 6 rings (SSSR count). The summed E-state index contributed by atoms with van der Waals surface area (Å²) in [6.07, 6.45) is 2.43. The molecule has 10 N–H and O–H groups in total. The normalized spacial score (nSPS) is 18.5. The molecule has 0 aromatic heterocycles. The third-order valence-electron chi connectivity index (χ3n) is 10.8. The third kappa shape index (κ3) is 15.0. The van der Waals surface area contributed by atoms with Crippen molar-refractivity contribution in [1.29, 1.82) is 0 Å². The maximum atomic E-state index is 15.4. The van der Waals surface area contributed by atoms with Crippen molar-refractivity contribution in [2.24, 2.45) is 0 Å². The molecular weight excluding hydrogens is 939 g/mol. The van der Waals surface area contributed by atoms with Gasteiger partial charge in [0.2, 0.25) is 20.0 Å². The minimum atomic E-state index is -3.62. The smallest absolute Gasteiger partial charge is 0.254 e. The number of amides is 2. The average Bonchev–Trinajstić information content (AvgIpc) is 3.72. The first-order valence-corrected chi connectivity index (χ1v) is 23.8. The standard InChI is InChI=1S/2C22H25F3N2O4S.3H2O/c2*1-22(2,29)21(28)27-8-7-18(26-32(3,30)31)19(27)11-13-5-4-6-17(20(13)25)14-9-15(23)12-16(24)10-14;;;/h2*4-6,9-10,12,18-19,26,29H,7-8,11H2,1-3H3;3*1H2/t2*18-,19-;;;/m00.../s1. The molecule has 0 saturated carbocycles. The fourth-order valence-electron chi connectivity index (χ4n) is 8.03. The molecule has 372 valence electrons. The first-order chi connectivity index (χ1) is 29.5. The van der Waals surface area contributed by atoms with Crippen LogP contribution in [0.2, 0.25) is 0 Å². The summed E-state index contributed by atoms with van der Waals surface area (Å²) >= 11 is 0. The van der Waals surface area contributed by atoms with Gasteiger partial charge >= 0.3 is 0 Å². The molecule has 0 radical (unpaired) electrons. The lowest BCUT2D eigenvalue weighted by atomic mass is 9.95. The maximum absolute atomic E-state index is 15.4. The molecule has 4 aromatic carbocycles. The number of carbonyl (C=O) groups is 2. The first kappa shape index (κ1) is 58.1. The number of hydrogen-bond acceptors (Lipinski definition) is 8. The lowest BCUT2D eigenvalue weighted by molar-refractivity contribution is -0.149. The zero-order valence-corrected chi connectivity index (χ0v) is 38.9. The number of carbonyl (C=O) groups excluding carboxylic acids is 2. The zero-order chi connectivity index (χ0) is 47.7. The minimum Gasteiger partial charge on any atom is -0.412 e. The maximum Gasteiger partial charge on any atom is 0.254 e. The van der Waals surface area contributed by atoms with Crippen molar-refractivity contribution in [2.45, 2.75) is 88.7 Å². The predicted octanol–water partition coefficient (Wildman–Crippen LogP) is 2.73. The second-order valence-electron chi connectivity index (χ2n) is 17.1. The van der Waals surface area contributed by atoms with E-state index in [-0.39, 0.29) is 88.6 Å². The predicted molar refractivity (Wildman–Crippen MR) is 238 cm³/mol. The van der Waals surface area contributed by atoms with Gasteiger partial charge in [-0.1, -0.05) is 36.4 Å². The van der Waals surface area contributed by atoms with E-state index in [1.54, 1.807) is 0 Å². The number of likely N-dealkylation sites (tertiary alicyclic amines) is 2. The number of sulfonamides is 2. The molecular formula is C44H56F6N4O11S2. The van der Waals surface area contributed by atoms with Crippen LogP contribution in [-0.4, -0.2) is 126 Å². The largest absolute Gasteiger partial charge is 0.412 e. The van der Waals surface area contributed by atoms with E-state index in [0.29, 0.717) is 12.1 Å². The van der Waals surface area contributed by atoms with Crippen molar-refractivity contribution in [2.75, 3.05) is 25.6 Å². The number of nitrogens with one attached hydrogen (secondary N) is 2. The first-order valence-electron chi connectivity index (χ1n) is 20.0. The molecule has 0 spiro atoms. The molecule has 4 atom stereocenters. The quantitative estimate of drug-likeness (QED) is 0.153. The van der Waals surface area contributed by atoms with Crippen LogP contribution in [0.3, 0.4) is 0 Å². The van der Waals surface area contributed by atoms with Gasteiger partial charge in [0.25, 0.3) is 11.8 Å². The number of halogens is 6. The molecule has 67 heavy (non-hydrogen) atoms. The Morgan fingerprint density at radius 2 is 0.881 bits per heavy atom. The second kappa shape index (κ2) is 22.4. The Morgan fingerprint density at radius 3 is 1.15 bits per heavy atom. The van der Waals surface area contributed by atoms with Gasteiger partial charge in [0.15, 0.2) is 0 Å². The van der Waals surface area contributed by atoms with Crippen LogP contribution >= 0.6 is 0 Å². The highest BCUT2D eigenvalue weighted by Gasteiger charge is 2.44. The SMILES string of the molecule is CC(C)(O)C(=O)N1CC[C@H](NS(C)(=O)=O)[C@@H]1Cc1cccc(-c2cc(F)cc(F)c2)c1F.CC(C)(O)C(=O)N1CC[C@H](NS(C)(=O)=O)[C@@H]1Cc1cccc(-c2cc(F)cc(F)c2)c1F.O.O.O. The molecule has 2 saturated heterocycles. The van der Waals surface area contributed by atoms with Gasteiger partial charge in [-0.3, -0.25) is 9.59 Å². The lowest BCUT2D eigenvalue weighted by Gasteiger charge is -2.32. The Morgan fingerprint density at radius 1 is 0.582 bits per heavy atom. The molecule has 23 heteroatoms. The van der Waals surface area contributed by atoms with Crippen molar-refractivity contribution >= 4 is 31.9 Å². The van der Waals surface area contributed by atoms with E-state index >= 15 is 8.78 Å². The van der Waals surface area contributed by atoms with Crippen molar-refractivity contribution in [1.82, 2.24) is 19.2 Å². The fraction of sp³-hybridized carbons (Fsp3) is 0.409. The van der Waals surface area contributed by atoms with Gasteiger partial charge in [0.05, 0.1) is 24.6 Å². The van der Waals surface area contributed by atoms with E-state index in [1.807, 2.05) is 0 Å². The van der Waals surface area contributed by atoms with Crippen LogP contribution in [-0.2, 0) is 42.5 Å². The average molecular weight is 995 g/mol. The molecule has 2 aliphatic heterocycles. The number of benzene rings is 4. The Labute approximate surface area is 384 Å². The van der Waals surface area contributed by atoms with E-state index in [2.05, 4.69) is 9.44 Å². The number of nitrogens with zero attached hydrogens (tertiary/aromatic N) is 2. The summed E-state index contributed by atoms with van der Waals surface area (Å²) in [5, 5.41) is 20.3. The van der Waals surface area contributed by atoms with Gasteiger partial charge in [0, 0.05) is 48.4 Å². The van der Waals surface area contributed by atoms with Gasteiger partial charge in [-0.25, -0.2) is 52.6 Å². The van der Waals surface area contributed by atoms with Crippen LogP contribution in [0, 0.1) is 34.9 Å². The van der Waals surface area contributed by atoms with Gasteiger partial charge in [-0.2, -0.15) is 0 Å². The molecule has 2 heterocycles. The highest BCUT2D eigenvalue weighted by molar-refractivity contribution is 7.89. The summed E-state index contributed by atoms with van der Waals surface area (Å²) in [6.45, 7) is 5.65. The van der Waals surface area contributed by atoms with E-state index in [1.165, 1.54) is 73.9 Å². The summed E-state index contributed by atoms with van der Waals surface area (Å²) in [5.41, 5.74) is -3.11. The van der Waals surface area contributed by atoms with E-state index < -0.39 is 102 Å². The summed E-state index contributed by atoms with van der Waals surface area (Å²) in [4.78, 5) is 28.2. The van der Waals surface area contributed by atoms with Gasteiger partial charge in [-0.05, 0) is 99.9 Å². The van der Waals surface area contributed by atoms with Crippen LogP contribution in [0.5, 0.6) is 0 Å². The van der Waals surface area contributed by atoms with Crippen molar-refractivity contribution in [3.8, 4) is 22.3 Å². The van der Waals surface area contributed by atoms with Crippen molar-refractivity contribution in [3.05, 3.63) is 119 Å². The molecule has 2 amide bonds. The van der Waals surface area contributed by atoms with Crippen molar-refractivity contribution < 1.29 is 79.4 Å². The molecule has 15 nitrogen and oxygen atoms in total. The second-order valence-corrected chi connectivity index (χ2v) is 20.7. The lowest BCUT2D eigenvalue weighted by Crippen LogP contribution is -2.52. The Hall–Kier alpha value is -4.98. The minimum absolute atomic E-state index is 0. The zero-order valence-electron chi connectivity index (χ0n) is 37.3. The van der Waals surface area contributed by atoms with Crippen LogP contribution < -0.4 is 9.44 Å². The number of rotatable bonds is 12. The molecule has 2 fully saturated rings. The molecule has 0 aliphatic carbocycles. The Bertz CT molecular complexity index is 2410. The van der Waals surface area contributed by atoms with Gasteiger partial charge in [0.1, 0.15) is 46.1 Å². The fourth-order valence-corrected chi connectivity index (χ4v) is 9.68. The molecule has 0 unspecified atom stereocenters. The summed E-state index contributed by atoms with van der Waals surface area (Å²) < 4.78 is 138. The molecule has 2 aliphatic rings. The highest BCUT2D eigenvalue weighted by atomic mass is 32.2. The summed E-state index contributed by atoms with van der Waals surface area (Å²) in [5.74, 6) is -6.05. The summed E-state index contributed by atoms with van der Waals surface area (Å²) in [6, 6.07) is 11.3. The Kier molecular flexibility index (Phi) is 19.5. The van der Waals surface area contributed by atoms with Gasteiger partial charge < -0.3 is 36.4 Å². The number of hydrogen-bond donors (Lipinski definition) is 4. The van der Waals surface area contributed by atoms with E-state index in [9.17, 15) is 54.2 Å². The number of aliphatic hydroxyl groups is 2. The van der Waals surface area contributed by atoms with Crippen LogP contribution in [0.4, 0.5) is 26.3 Å². The van der Waals surface area contributed by atoms with Crippen LogP contribution in [0.1, 0.15) is 51.7 Å². The molecule has 4 aromatic rings. The van der Waals surface area contributed by atoms with Crippen LogP contribution in [0.25, 0.3) is 22.3 Å². The molecule has 0 bridgehead atoms. The van der Waals surface area contributed by atoms with Crippen molar-refractivity contribution in [3.63, 3.8) is 0 Å². The third-order valence-corrected chi connectivity index (χ3v) is 12.2. The highest BCUT2D eigenvalue weighted by Crippen LogP contribution is 2.33. The van der Waals surface area contributed by atoms with E-state index in [0.717, 1.165) is 36.8 Å². The van der Waals surface area contributed by atoms with Gasteiger partial charge in [-0.15, -0.1) is 0 Å². The summed E-state index contributed by atoms with van der Waals surface area (Å²) in [7, 11) is -7.23.